The van der Waals surface area contributed by atoms with Crippen LogP contribution in [0, 0.1) is 5.82 Å². The van der Waals surface area contributed by atoms with Crippen molar-refractivity contribution in [3.63, 3.8) is 0 Å². The number of carbonyl (C=O) groups excluding carboxylic acids is 1. The van der Waals surface area contributed by atoms with Gasteiger partial charge in [0.15, 0.2) is 0 Å². The van der Waals surface area contributed by atoms with Crippen LogP contribution in [-0.2, 0) is 4.74 Å². The van der Waals surface area contributed by atoms with Gasteiger partial charge in [-0.15, -0.1) is 0 Å². The molecule has 1 aromatic rings. The third-order valence-corrected chi connectivity index (χ3v) is 3.77. The van der Waals surface area contributed by atoms with Crippen molar-refractivity contribution in [2.24, 2.45) is 0 Å². The Morgan fingerprint density at radius 3 is 2.45 bits per heavy atom. The fraction of sp³-hybridized carbons (Fsp3) is 0.533. The number of piperazine rings is 1. The van der Waals surface area contributed by atoms with Crippen LogP contribution < -0.4 is 9.80 Å². The first-order valence-electron chi connectivity index (χ1n) is 7.16. The first-order chi connectivity index (χ1) is 9.54. The number of esters is 1. The standard InChI is InChI=1S/C15H21FN2O2/c1-12(11-18-9-7-17(2)8-10-18)20-15(19)13-3-5-14(16)6-4-13/h3-6,12H,7-11H2,1-2H3/p+2/t12-/m0/s1. The summed E-state index contributed by atoms with van der Waals surface area (Å²) >= 11 is 0. The number of nitrogens with one attached hydrogen (secondary N) is 2. The largest absolute Gasteiger partial charge is 0.453 e. The van der Waals surface area contributed by atoms with E-state index in [2.05, 4.69) is 7.05 Å². The zero-order valence-electron chi connectivity index (χ0n) is 12.1. The predicted octanol–water partition coefficient (Wildman–Crippen LogP) is -1.22. The molecule has 2 rings (SSSR count). The van der Waals surface area contributed by atoms with Gasteiger partial charge in [-0.2, -0.15) is 0 Å². The van der Waals surface area contributed by atoms with Gasteiger partial charge in [0.05, 0.1) is 12.6 Å². The van der Waals surface area contributed by atoms with E-state index in [-0.39, 0.29) is 17.9 Å². The Hall–Kier alpha value is -1.46. The summed E-state index contributed by atoms with van der Waals surface area (Å²) in [5.74, 6) is -0.726. The van der Waals surface area contributed by atoms with Gasteiger partial charge < -0.3 is 14.5 Å². The minimum absolute atomic E-state index is 0.124. The fourth-order valence-corrected chi connectivity index (χ4v) is 2.52. The van der Waals surface area contributed by atoms with Crippen molar-refractivity contribution < 1.29 is 23.7 Å². The van der Waals surface area contributed by atoms with Gasteiger partial charge in [0.1, 0.15) is 44.6 Å². The van der Waals surface area contributed by atoms with Crippen molar-refractivity contribution in [3.05, 3.63) is 35.6 Å². The van der Waals surface area contributed by atoms with E-state index < -0.39 is 0 Å². The lowest BCUT2D eigenvalue weighted by Crippen LogP contribution is -3.27. The summed E-state index contributed by atoms with van der Waals surface area (Å²) in [7, 11) is 2.20. The van der Waals surface area contributed by atoms with E-state index in [1.165, 1.54) is 29.2 Å². The Kier molecular flexibility index (Phi) is 5.09. The van der Waals surface area contributed by atoms with E-state index in [9.17, 15) is 9.18 Å². The van der Waals surface area contributed by atoms with Gasteiger partial charge in [-0.1, -0.05) is 0 Å². The summed E-state index contributed by atoms with van der Waals surface area (Å²) in [6.45, 7) is 7.30. The quantitative estimate of drug-likeness (QED) is 0.680. The van der Waals surface area contributed by atoms with Gasteiger partial charge in [-0.05, 0) is 31.2 Å². The number of ether oxygens (including phenoxy) is 1. The number of hydrogen-bond acceptors (Lipinski definition) is 2. The van der Waals surface area contributed by atoms with Gasteiger partial charge in [-0.25, -0.2) is 9.18 Å². The summed E-state index contributed by atoms with van der Waals surface area (Å²) < 4.78 is 18.2. The number of halogens is 1. The molecule has 20 heavy (non-hydrogen) atoms. The molecule has 0 aromatic heterocycles. The molecule has 4 nitrogen and oxygen atoms in total. The Balaban J connectivity index is 1.80. The second-order valence-corrected chi connectivity index (χ2v) is 5.63. The van der Waals surface area contributed by atoms with Crippen molar-refractivity contribution in [3.8, 4) is 0 Å². The molecular weight excluding hydrogens is 259 g/mol. The van der Waals surface area contributed by atoms with E-state index >= 15 is 0 Å². The molecule has 0 spiro atoms. The van der Waals surface area contributed by atoms with Crippen LogP contribution in [0.2, 0.25) is 0 Å². The smallest absolute Gasteiger partial charge is 0.338 e. The average molecular weight is 282 g/mol. The minimum atomic E-state index is -0.378. The molecule has 1 aliphatic rings. The number of benzene rings is 1. The van der Waals surface area contributed by atoms with Crippen LogP contribution in [0.5, 0.6) is 0 Å². The van der Waals surface area contributed by atoms with E-state index in [0.717, 1.165) is 32.7 Å². The summed E-state index contributed by atoms with van der Waals surface area (Å²) in [5, 5.41) is 0. The highest BCUT2D eigenvalue weighted by molar-refractivity contribution is 5.89. The van der Waals surface area contributed by atoms with Gasteiger partial charge in [-0.3, -0.25) is 0 Å². The van der Waals surface area contributed by atoms with E-state index in [1.807, 2.05) is 6.92 Å². The third-order valence-electron chi connectivity index (χ3n) is 3.77. The summed E-state index contributed by atoms with van der Waals surface area (Å²) in [5.41, 5.74) is 0.399. The highest BCUT2D eigenvalue weighted by Crippen LogP contribution is 2.05. The van der Waals surface area contributed by atoms with Crippen LogP contribution in [0.25, 0.3) is 0 Å². The van der Waals surface area contributed by atoms with Gasteiger partial charge in [0.2, 0.25) is 0 Å². The molecule has 1 saturated heterocycles. The van der Waals surface area contributed by atoms with Gasteiger partial charge >= 0.3 is 5.97 Å². The van der Waals surface area contributed by atoms with Crippen molar-refractivity contribution in [1.29, 1.82) is 0 Å². The van der Waals surface area contributed by atoms with Crippen LogP contribution in [-0.4, -0.2) is 51.8 Å². The zero-order valence-corrected chi connectivity index (χ0v) is 12.1. The lowest BCUT2D eigenvalue weighted by atomic mass is 10.2. The Labute approximate surface area is 119 Å². The van der Waals surface area contributed by atoms with Crippen molar-refractivity contribution in [2.75, 3.05) is 39.8 Å². The second-order valence-electron chi connectivity index (χ2n) is 5.63. The highest BCUT2D eigenvalue weighted by Gasteiger charge is 2.23. The molecule has 0 amide bonds. The van der Waals surface area contributed by atoms with Crippen LogP contribution in [0.15, 0.2) is 24.3 Å². The molecule has 2 N–H and O–H groups in total. The molecular formula is C15H23FN2O2+2. The van der Waals surface area contributed by atoms with Crippen LogP contribution in [0.4, 0.5) is 4.39 Å². The highest BCUT2D eigenvalue weighted by atomic mass is 19.1. The number of hydrogen-bond donors (Lipinski definition) is 2. The second kappa shape index (κ2) is 6.81. The van der Waals surface area contributed by atoms with Crippen molar-refractivity contribution in [2.45, 2.75) is 13.0 Å². The van der Waals surface area contributed by atoms with Crippen molar-refractivity contribution in [1.82, 2.24) is 0 Å². The summed E-state index contributed by atoms with van der Waals surface area (Å²) in [6.07, 6.45) is -0.124. The minimum Gasteiger partial charge on any atom is -0.453 e. The lowest BCUT2D eigenvalue weighted by molar-refractivity contribution is -1.00. The lowest BCUT2D eigenvalue weighted by Gasteiger charge is -2.28. The molecule has 0 bridgehead atoms. The first kappa shape index (κ1) is 14.9. The zero-order chi connectivity index (χ0) is 14.5. The molecule has 0 radical (unpaired) electrons. The fourth-order valence-electron chi connectivity index (χ4n) is 2.52. The molecule has 0 unspecified atom stereocenters. The van der Waals surface area contributed by atoms with Crippen molar-refractivity contribution >= 4 is 5.97 Å². The van der Waals surface area contributed by atoms with Crippen LogP contribution in [0.3, 0.4) is 0 Å². The van der Waals surface area contributed by atoms with Crippen LogP contribution in [0.1, 0.15) is 17.3 Å². The molecule has 0 aliphatic carbocycles. The maximum Gasteiger partial charge on any atom is 0.338 e. The number of likely N-dealkylation sites (N-methyl/N-ethyl adjacent to an activating group) is 1. The number of carbonyl (C=O) groups is 1. The Morgan fingerprint density at radius 1 is 1.25 bits per heavy atom. The monoisotopic (exact) mass is 282 g/mol. The number of quaternary nitrogens is 2. The van der Waals surface area contributed by atoms with E-state index in [0.29, 0.717) is 5.56 Å². The van der Waals surface area contributed by atoms with Gasteiger partial charge in [0.25, 0.3) is 0 Å². The number of rotatable bonds is 4. The molecule has 1 fully saturated rings. The molecule has 1 aliphatic heterocycles. The molecule has 1 heterocycles. The summed E-state index contributed by atoms with van der Waals surface area (Å²) in [4.78, 5) is 14.9. The average Bonchev–Trinajstić information content (AvgIpc) is 2.42. The first-order valence-corrected chi connectivity index (χ1v) is 7.16. The predicted molar refractivity (Wildman–Crippen MR) is 73.5 cm³/mol. The molecule has 110 valence electrons. The van der Waals surface area contributed by atoms with Gasteiger partial charge in [0, 0.05) is 0 Å². The third kappa shape index (κ3) is 4.28. The topological polar surface area (TPSA) is 35.2 Å². The van der Waals surface area contributed by atoms with E-state index in [1.54, 1.807) is 4.90 Å². The Morgan fingerprint density at radius 2 is 1.85 bits per heavy atom. The SMILES string of the molecule is C[C@@H](C[NH+]1CC[NH+](C)CC1)OC(=O)c1ccc(F)cc1. The maximum atomic E-state index is 12.8. The molecule has 5 heteroatoms. The summed E-state index contributed by atoms with van der Waals surface area (Å²) in [6, 6.07) is 5.46. The normalized spacial score (nSPS) is 24.1. The Bertz CT molecular complexity index is 442. The molecule has 0 saturated carbocycles. The van der Waals surface area contributed by atoms with E-state index in [4.69, 9.17) is 4.74 Å². The molecule has 1 atom stereocenters. The van der Waals surface area contributed by atoms with Crippen LogP contribution >= 0.6 is 0 Å². The molecule has 1 aromatic carbocycles. The maximum absolute atomic E-state index is 12.8.